The number of alkyl halides is 1. The molecule has 1 aromatic rings. The van der Waals surface area contributed by atoms with Crippen molar-refractivity contribution in [1.82, 2.24) is 15.0 Å². The Labute approximate surface area is 97.9 Å². The van der Waals surface area contributed by atoms with Crippen LogP contribution in [0.15, 0.2) is 6.20 Å². The minimum atomic E-state index is 0.662. The third-order valence-electron chi connectivity index (χ3n) is 1.82. The molecule has 1 aromatic heterocycles. The largest absolute Gasteiger partial charge is 0.385 e. The average Bonchev–Trinajstić information content (AvgIpc) is 2.71. The third kappa shape index (κ3) is 5.25. The fourth-order valence-corrected chi connectivity index (χ4v) is 1.33. The van der Waals surface area contributed by atoms with Crippen molar-refractivity contribution in [3.8, 4) is 0 Å². The van der Waals surface area contributed by atoms with E-state index in [1.54, 1.807) is 11.8 Å². The molecule has 0 N–H and O–H groups in total. The molecule has 1 rings (SSSR count). The highest BCUT2D eigenvalue weighted by atomic mass is 79.9. The van der Waals surface area contributed by atoms with Gasteiger partial charge in [0.15, 0.2) is 0 Å². The number of ether oxygens (including phenoxy) is 2. The van der Waals surface area contributed by atoms with Crippen molar-refractivity contribution in [1.29, 1.82) is 0 Å². The first-order chi connectivity index (χ1) is 7.36. The van der Waals surface area contributed by atoms with Crippen LogP contribution in [0.5, 0.6) is 0 Å². The van der Waals surface area contributed by atoms with Crippen LogP contribution < -0.4 is 0 Å². The molecule has 0 aliphatic rings. The maximum Gasteiger partial charge on any atom is 0.0932 e. The smallest absolute Gasteiger partial charge is 0.0932 e. The molecule has 0 aromatic carbocycles. The molecular formula is C9H16BrN3O2. The molecule has 0 fully saturated rings. The summed E-state index contributed by atoms with van der Waals surface area (Å²) >= 11 is 3.32. The van der Waals surface area contributed by atoms with E-state index in [2.05, 4.69) is 26.2 Å². The quantitative estimate of drug-likeness (QED) is 0.530. The van der Waals surface area contributed by atoms with E-state index in [1.165, 1.54) is 0 Å². The zero-order valence-electron chi connectivity index (χ0n) is 8.86. The summed E-state index contributed by atoms with van der Waals surface area (Å²) in [7, 11) is 1.69. The predicted molar refractivity (Wildman–Crippen MR) is 60.0 cm³/mol. The van der Waals surface area contributed by atoms with E-state index in [9.17, 15) is 0 Å². The summed E-state index contributed by atoms with van der Waals surface area (Å²) in [5, 5.41) is 8.64. The summed E-state index contributed by atoms with van der Waals surface area (Å²) in [6.07, 6.45) is 2.84. The van der Waals surface area contributed by atoms with Gasteiger partial charge in [-0.05, 0) is 6.42 Å². The zero-order chi connectivity index (χ0) is 10.9. The first kappa shape index (κ1) is 12.6. The van der Waals surface area contributed by atoms with Gasteiger partial charge in [-0.3, -0.25) is 0 Å². The summed E-state index contributed by atoms with van der Waals surface area (Å²) in [4.78, 5) is 0. The van der Waals surface area contributed by atoms with E-state index in [-0.39, 0.29) is 0 Å². The van der Waals surface area contributed by atoms with Gasteiger partial charge >= 0.3 is 0 Å². The van der Waals surface area contributed by atoms with Crippen LogP contribution >= 0.6 is 15.9 Å². The Kier molecular flexibility index (Phi) is 6.54. The number of hydrogen-bond donors (Lipinski definition) is 0. The van der Waals surface area contributed by atoms with Crippen molar-refractivity contribution in [3.63, 3.8) is 0 Å². The highest BCUT2D eigenvalue weighted by molar-refractivity contribution is 9.08. The second-order valence-electron chi connectivity index (χ2n) is 3.07. The van der Waals surface area contributed by atoms with Crippen LogP contribution in [0.3, 0.4) is 0 Å². The number of hydrogen-bond acceptors (Lipinski definition) is 4. The molecule has 0 atom stereocenters. The number of nitrogens with zero attached hydrogens (tertiary/aromatic N) is 3. The van der Waals surface area contributed by atoms with Crippen molar-refractivity contribution in [3.05, 3.63) is 11.9 Å². The first-order valence-electron chi connectivity index (χ1n) is 4.88. The zero-order valence-corrected chi connectivity index (χ0v) is 10.4. The van der Waals surface area contributed by atoms with Crippen LogP contribution in [-0.4, -0.2) is 41.9 Å². The Morgan fingerprint density at radius 3 is 2.93 bits per heavy atom. The van der Waals surface area contributed by atoms with Crippen LogP contribution in [0.25, 0.3) is 0 Å². The Hall–Kier alpha value is -0.460. The van der Waals surface area contributed by atoms with Crippen LogP contribution in [-0.2, 0) is 21.3 Å². The molecule has 0 aliphatic carbocycles. The molecule has 0 aliphatic heterocycles. The van der Waals surface area contributed by atoms with Gasteiger partial charge in [-0.2, -0.15) is 0 Å². The van der Waals surface area contributed by atoms with Crippen molar-refractivity contribution < 1.29 is 9.47 Å². The molecule has 0 unspecified atom stereocenters. The summed E-state index contributed by atoms with van der Waals surface area (Å²) < 4.78 is 12.1. The lowest BCUT2D eigenvalue weighted by Crippen LogP contribution is -2.08. The normalized spacial score (nSPS) is 10.8. The van der Waals surface area contributed by atoms with Gasteiger partial charge in [0.1, 0.15) is 0 Å². The molecule has 1 heterocycles. The van der Waals surface area contributed by atoms with Crippen LogP contribution in [0.4, 0.5) is 0 Å². The van der Waals surface area contributed by atoms with E-state index in [1.807, 2.05) is 6.20 Å². The van der Waals surface area contributed by atoms with E-state index >= 15 is 0 Å². The molecule has 15 heavy (non-hydrogen) atoms. The Bertz CT molecular complexity index is 268. The van der Waals surface area contributed by atoms with Crippen LogP contribution in [0.1, 0.15) is 12.1 Å². The van der Waals surface area contributed by atoms with E-state index < -0.39 is 0 Å². The van der Waals surface area contributed by atoms with Gasteiger partial charge in [-0.1, -0.05) is 21.1 Å². The molecule has 0 saturated heterocycles. The van der Waals surface area contributed by atoms with E-state index in [0.29, 0.717) is 6.61 Å². The minimum Gasteiger partial charge on any atom is -0.385 e. The molecule has 6 heteroatoms. The standard InChI is InChI=1S/C9H16BrN3O2/c1-14-4-2-5-15-6-3-13-8-9(7-10)11-12-13/h8H,2-7H2,1H3. The molecule has 0 bridgehead atoms. The van der Waals surface area contributed by atoms with E-state index in [0.717, 1.165) is 37.2 Å². The highest BCUT2D eigenvalue weighted by Gasteiger charge is 1.98. The molecule has 5 nitrogen and oxygen atoms in total. The Balaban J connectivity index is 2.04. The minimum absolute atomic E-state index is 0.662. The lowest BCUT2D eigenvalue weighted by molar-refractivity contribution is 0.0958. The molecule has 0 radical (unpaired) electrons. The second-order valence-corrected chi connectivity index (χ2v) is 3.63. The summed E-state index contributed by atoms with van der Waals surface area (Å²) in [6.45, 7) is 2.88. The van der Waals surface area contributed by atoms with Gasteiger partial charge in [-0.15, -0.1) is 5.10 Å². The second kappa shape index (κ2) is 7.78. The predicted octanol–water partition coefficient (Wildman–Crippen LogP) is 1.23. The van der Waals surface area contributed by atoms with Gasteiger partial charge < -0.3 is 9.47 Å². The molecule has 86 valence electrons. The summed E-state index contributed by atoms with van der Waals surface area (Å²) in [5.74, 6) is 0. The van der Waals surface area contributed by atoms with Crippen molar-refractivity contribution in [2.45, 2.75) is 18.3 Å². The van der Waals surface area contributed by atoms with Gasteiger partial charge in [0.2, 0.25) is 0 Å². The fourth-order valence-electron chi connectivity index (χ4n) is 1.07. The fraction of sp³-hybridized carbons (Fsp3) is 0.778. The van der Waals surface area contributed by atoms with Gasteiger partial charge in [0, 0.05) is 31.9 Å². The lowest BCUT2D eigenvalue weighted by atomic mass is 10.5. The maximum absolute atomic E-state index is 5.40. The molecule has 0 saturated carbocycles. The highest BCUT2D eigenvalue weighted by Crippen LogP contribution is 1.99. The maximum atomic E-state index is 5.40. The Morgan fingerprint density at radius 1 is 1.40 bits per heavy atom. The topological polar surface area (TPSA) is 49.2 Å². The van der Waals surface area contributed by atoms with Gasteiger partial charge in [0.25, 0.3) is 0 Å². The number of methoxy groups -OCH3 is 1. The van der Waals surface area contributed by atoms with Gasteiger partial charge in [0.05, 0.1) is 18.8 Å². The Morgan fingerprint density at radius 2 is 2.27 bits per heavy atom. The lowest BCUT2D eigenvalue weighted by Gasteiger charge is -2.03. The van der Waals surface area contributed by atoms with Gasteiger partial charge in [-0.25, -0.2) is 4.68 Å². The van der Waals surface area contributed by atoms with E-state index in [4.69, 9.17) is 9.47 Å². The SMILES string of the molecule is COCCCOCCn1cc(CBr)nn1. The monoisotopic (exact) mass is 277 g/mol. The number of rotatable bonds is 8. The molecule has 0 spiro atoms. The summed E-state index contributed by atoms with van der Waals surface area (Å²) in [5.41, 5.74) is 0.939. The number of halogens is 1. The average molecular weight is 278 g/mol. The summed E-state index contributed by atoms with van der Waals surface area (Å²) in [6, 6.07) is 0. The van der Waals surface area contributed by atoms with Crippen molar-refractivity contribution in [2.24, 2.45) is 0 Å². The third-order valence-corrected chi connectivity index (χ3v) is 2.40. The molecular weight excluding hydrogens is 262 g/mol. The van der Waals surface area contributed by atoms with Crippen LogP contribution in [0, 0.1) is 0 Å². The first-order valence-corrected chi connectivity index (χ1v) is 6.00. The van der Waals surface area contributed by atoms with Crippen molar-refractivity contribution in [2.75, 3.05) is 26.9 Å². The molecule has 0 amide bonds. The van der Waals surface area contributed by atoms with Crippen LogP contribution in [0.2, 0.25) is 0 Å². The van der Waals surface area contributed by atoms with Crippen molar-refractivity contribution >= 4 is 15.9 Å². The number of aromatic nitrogens is 3.